The van der Waals surface area contributed by atoms with Gasteiger partial charge in [0.2, 0.25) is 5.91 Å². The largest absolute Gasteiger partial charge is 0.383 e. The quantitative estimate of drug-likeness (QED) is 0.539. The maximum absolute atomic E-state index is 11.1. The van der Waals surface area contributed by atoms with Crippen LogP contribution in [0.25, 0.3) is 0 Å². The van der Waals surface area contributed by atoms with Gasteiger partial charge in [0, 0.05) is 20.2 Å². The molecular formula is C9H18N2O2. The van der Waals surface area contributed by atoms with Crippen molar-refractivity contribution in [3.05, 3.63) is 0 Å². The maximum Gasteiger partial charge on any atom is 0.233 e. The van der Waals surface area contributed by atoms with Crippen molar-refractivity contribution in [3.63, 3.8) is 0 Å². The van der Waals surface area contributed by atoms with E-state index < -0.39 is 0 Å². The molecule has 1 fully saturated rings. The lowest BCUT2D eigenvalue weighted by molar-refractivity contribution is -0.120. The summed E-state index contributed by atoms with van der Waals surface area (Å²) < 4.78 is 4.84. The van der Waals surface area contributed by atoms with Crippen LogP contribution in [-0.2, 0) is 9.53 Å². The molecule has 2 N–H and O–H groups in total. The monoisotopic (exact) mass is 186 g/mol. The van der Waals surface area contributed by atoms with Crippen LogP contribution in [0, 0.1) is 5.92 Å². The molecule has 0 spiro atoms. The van der Waals surface area contributed by atoms with E-state index in [9.17, 15) is 4.79 Å². The third-order valence-electron chi connectivity index (χ3n) is 2.05. The molecule has 1 aliphatic carbocycles. The number of rotatable bonds is 7. The number of hydrogen-bond acceptors (Lipinski definition) is 3. The topological polar surface area (TPSA) is 50.4 Å². The summed E-state index contributed by atoms with van der Waals surface area (Å²) in [7, 11) is 1.65. The lowest BCUT2D eigenvalue weighted by atomic mass is 10.4. The Bertz CT molecular complexity index is 158. The van der Waals surface area contributed by atoms with Crippen LogP contribution in [-0.4, -0.2) is 39.3 Å². The molecule has 1 amide bonds. The van der Waals surface area contributed by atoms with Gasteiger partial charge in [-0.1, -0.05) is 0 Å². The van der Waals surface area contributed by atoms with Crippen LogP contribution in [0.15, 0.2) is 0 Å². The fraction of sp³-hybridized carbons (Fsp3) is 0.889. The molecule has 1 aliphatic rings. The first-order valence-corrected chi connectivity index (χ1v) is 4.79. The lowest BCUT2D eigenvalue weighted by Gasteiger charge is -2.05. The number of methoxy groups -OCH3 is 1. The minimum Gasteiger partial charge on any atom is -0.383 e. The lowest BCUT2D eigenvalue weighted by Crippen LogP contribution is -2.36. The number of amides is 1. The Balaban J connectivity index is 1.84. The number of carbonyl (C=O) groups is 1. The summed E-state index contributed by atoms with van der Waals surface area (Å²) >= 11 is 0. The van der Waals surface area contributed by atoms with Crippen LogP contribution in [0.2, 0.25) is 0 Å². The van der Waals surface area contributed by atoms with E-state index >= 15 is 0 Å². The molecule has 76 valence electrons. The minimum absolute atomic E-state index is 0.0861. The van der Waals surface area contributed by atoms with E-state index in [0.29, 0.717) is 13.2 Å². The molecule has 1 saturated carbocycles. The van der Waals surface area contributed by atoms with Crippen LogP contribution >= 0.6 is 0 Å². The normalized spacial score (nSPS) is 15.8. The Kier molecular flexibility index (Phi) is 4.78. The van der Waals surface area contributed by atoms with Crippen molar-refractivity contribution in [3.8, 4) is 0 Å². The van der Waals surface area contributed by atoms with E-state index in [2.05, 4.69) is 10.6 Å². The van der Waals surface area contributed by atoms with Crippen molar-refractivity contribution in [2.45, 2.75) is 12.8 Å². The van der Waals surface area contributed by atoms with Crippen LogP contribution in [0.5, 0.6) is 0 Å². The second-order valence-corrected chi connectivity index (χ2v) is 3.42. The molecule has 0 bridgehead atoms. The van der Waals surface area contributed by atoms with Crippen LogP contribution < -0.4 is 10.6 Å². The van der Waals surface area contributed by atoms with Gasteiger partial charge < -0.3 is 15.4 Å². The first-order chi connectivity index (χ1) is 6.33. The molecule has 0 unspecified atom stereocenters. The van der Waals surface area contributed by atoms with Gasteiger partial charge >= 0.3 is 0 Å². The van der Waals surface area contributed by atoms with Gasteiger partial charge in [-0.25, -0.2) is 0 Å². The van der Waals surface area contributed by atoms with Crippen LogP contribution in [0.4, 0.5) is 0 Å². The summed E-state index contributed by atoms with van der Waals surface area (Å²) in [5, 5.41) is 5.87. The molecule has 0 aromatic carbocycles. The Morgan fingerprint density at radius 2 is 2.31 bits per heavy atom. The highest BCUT2D eigenvalue weighted by Crippen LogP contribution is 2.27. The number of nitrogens with one attached hydrogen (secondary N) is 2. The van der Waals surface area contributed by atoms with Crippen molar-refractivity contribution in [1.29, 1.82) is 0 Å². The Labute approximate surface area is 79.0 Å². The number of ether oxygens (including phenoxy) is 1. The van der Waals surface area contributed by atoms with Gasteiger partial charge in [-0.05, 0) is 18.8 Å². The van der Waals surface area contributed by atoms with E-state index in [1.54, 1.807) is 7.11 Å². The second-order valence-electron chi connectivity index (χ2n) is 3.42. The zero-order valence-electron chi connectivity index (χ0n) is 8.14. The zero-order chi connectivity index (χ0) is 9.52. The number of carbonyl (C=O) groups excluding carboxylic acids is 1. The van der Waals surface area contributed by atoms with Gasteiger partial charge in [-0.3, -0.25) is 4.79 Å². The molecule has 0 aliphatic heterocycles. The van der Waals surface area contributed by atoms with E-state index in [1.807, 2.05) is 0 Å². The van der Waals surface area contributed by atoms with E-state index in [0.717, 1.165) is 19.0 Å². The minimum atomic E-state index is 0.0861. The molecule has 0 aromatic heterocycles. The molecule has 0 heterocycles. The predicted molar refractivity (Wildman–Crippen MR) is 50.5 cm³/mol. The highest BCUT2D eigenvalue weighted by molar-refractivity contribution is 5.77. The first kappa shape index (κ1) is 10.5. The smallest absolute Gasteiger partial charge is 0.233 e. The summed E-state index contributed by atoms with van der Waals surface area (Å²) in [5.41, 5.74) is 0. The molecule has 4 nitrogen and oxygen atoms in total. The van der Waals surface area contributed by atoms with E-state index in [1.165, 1.54) is 12.8 Å². The molecule has 13 heavy (non-hydrogen) atoms. The SMILES string of the molecule is COCCNCC(=O)NCC1CC1. The van der Waals surface area contributed by atoms with Crippen molar-refractivity contribution in [2.75, 3.05) is 33.4 Å². The van der Waals surface area contributed by atoms with Crippen molar-refractivity contribution in [2.24, 2.45) is 5.92 Å². The molecule has 0 atom stereocenters. The standard InChI is InChI=1S/C9H18N2O2/c1-13-5-4-10-7-9(12)11-6-8-2-3-8/h8,10H,2-7H2,1H3,(H,11,12). The second kappa shape index (κ2) is 5.94. The van der Waals surface area contributed by atoms with Crippen LogP contribution in [0.3, 0.4) is 0 Å². The average molecular weight is 186 g/mol. The molecular weight excluding hydrogens is 168 g/mol. The van der Waals surface area contributed by atoms with Crippen molar-refractivity contribution >= 4 is 5.91 Å². The maximum atomic E-state index is 11.1. The predicted octanol–water partition coefficient (Wildman–Crippen LogP) is -0.251. The van der Waals surface area contributed by atoms with Gasteiger partial charge in [0.05, 0.1) is 13.2 Å². The summed E-state index contributed by atoms with van der Waals surface area (Å²) in [6.07, 6.45) is 2.55. The molecule has 0 aromatic rings. The average Bonchev–Trinajstić information content (AvgIpc) is 2.92. The summed E-state index contributed by atoms with van der Waals surface area (Å²) in [6.45, 7) is 2.63. The van der Waals surface area contributed by atoms with Gasteiger partial charge in [0.1, 0.15) is 0 Å². The van der Waals surface area contributed by atoms with E-state index in [-0.39, 0.29) is 5.91 Å². The van der Waals surface area contributed by atoms with Gasteiger partial charge in [0.15, 0.2) is 0 Å². The van der Waals surface area contributed by atoms with E-state index in [4.69, 9.17) is 4.74 Å². The molecule has 1 rings (SSSR count). The van der Waals surface area contributed by atoms with Crippen molar-refractivity contribution < 1.29 is 9.53 Å². The fourth-order valence-corrected chi connectivity index (χ4v) is 1.02. The van der Waals surface area contributed by atoms with Gasteiger partial charge in [-0.15, -0.1) is 0 Å². The van der Waals surface area contributed by atoms with Crippen LogP contribution in [0.1, 0.15) is 12.8 Å². The van der Waals surface area contributed by atoms with Gasteiger partial charge in [-0.2, -0.15) is 0 Å². The first-order valence-electron chi connectivity index (χ1n) is 4.79. The number of hydrogen-bond donors (Lipinski definition) is 2. The summed E-state index contributed by atoms with van der Waals surface area (Å²) in [6, 6.07) is 0. The summed E-state index contributed by atoms with van der Waals surface area (Å²) in [4.78, 5) is 11.1. The zero-order valence-corrected chi connectivity index (χ0v) is 8.14. The Hall–Kier alpha value is -0.610. The fourth-order valence-electron chi connectivity index (χ4n) is 1.02. The Morgan fingerprint density at radius 3 is 2.92 bits per heavy atom. The Morgan fingerprint density at radius 1 is 1.54 bits per heavy atom. The molecule has 0 saturated heterocycles. The van der Waals surface area contributed by atoms with Gasteiger partial charge in [0.25, 0.3) is 0 Å². The van der Waals surface area contributed by atoms with Crippen molar-refractivity contribution in [1.82, 2.24) is 10.6 Å². The highest BCUT2D eigenvalue weighted by atomic mass is 16.5. The highest BCUT2D eigenvalue weighted by Gasteiger charge is 2.21. The third-order valence-corrected chi connectivity index (χ3v) is 2.05. The summed E-state index contributed by atoms with van der Waals surface area (Å²) in [5.74, 6) is 0.839. The molecule has 4 heteroatoms. The third kappa shape index (κ3) is 5.60. The molecule has 0 radical (unpaired) electrons.